The number of Topliss-reactive ketones (excluding diaryl/α,β-unsaturated/α-hetero) is 1. The molecule has 0 saturated heterocycles. The van der Waals surface area contributed by atoms with E-state index in [-0.39, 0.29) is 31.1 Å². The zero-order chi connectivity index (χ0) is 19.4. The van der Waals surface area contributed by atoms with E-state index in [9.17, 15) is 14.7 Å². The van der Waals surface area contributed by atoms with Crippen LogP contribution in [0.2, 0.25) is 5.02 Å². The Morgan fingerprint density at radius 3 is 2.48 bits per heavy atom. The van der Waals surface area contributed by atoms with Crippen molar-refractivity contribution in [3.63, 3.8) is 0 Å². The summed E-state index contributed by atoms with van der Waals surface area (Å²) in [5.74, 6) is -0.837. The number of aliphatic hydroxyl groups is 1. The molecule has 0 fully saturated rings. The van der Waals surface area contributed by atoms with Crippen molar-refractivity contribution in [3.05, 3.63) is 70.7 Å². The maximum Gasteiger partial charge on any atom is 0.354 e. The molecule has 6 nitrogen and oxygen atoms in total. The van der Waals surface area contributed by atoms with E-state index in [1.165, 1.54) is 5.01 Å². The molecule has 140 valence electrons. The first-order valence-electron chi connectivity index (χ1n) is 8.53. The highest BCUT2D eigenvalue weighted by atomic mass is 35.5. The number of carbonyl (C=O) groups excluding carboxylic acids is 2. The lowest BCUT2D eigenvalue weighted by atomic mass is 9.97. The van der Waals surface area contributed by atoms with Crippen LogP contribution in [0.5, 0.6) is 0 Å². The number of benzene rings is 2. The minimum absolute atomic E-state index is 0.0650. The first kappa shape index (κ1) is 19.1. The minimum atomic E-state index is -1.64. The number of ketones is 1. The lowest BCUT2D eigenvalue weighted by Gasteiger charge is -2.32. The van der Waals surface area contributed by atoms with Gasteiger partial charge in [0.1, 0.15) is 6.54 Å². The lowest BCUT2D eigenvalue weighted by molar-refractivity contribution is -0.135. The van der Waals surface area contributed by atoms with Gasteiger partial charge in [0.05, 0.1) is 13.0 Å². The van der Waals surface area contributed by atoms with Crippen LogP contribution in [0.15, 0.2) is 59.7 Å². The second-order valence-corrected chi connectivity index (χ2v) is 6.55. The van der Waals surface area contributed by atoms with E-state index in [0.717, 1.165) is 0 Å². The number of hydrogen-bond donors (Lipinski definition) is 1. The summed E-state index contributed by atoms with van der Waals surface area (Å²) in [4.78, 5) is 24.7. The molecule has 2 aromatic carbocycles. The van der Waals surface area contributed by atoms with Gasteiger partial charge in [-0.1, -0.05) is 54.1 Å². The van der Waals surface area contributed by atoms with Crippen molar-refractivity contribution in [3.8, 4) is 0 Å². The third-order valence-electron chi connectivity index (χ3n) is 4.29. The van der Waals surface area contributed by atoms with Gasteiger partial charge in [0.15, 0.2) is 17.2 Å². The first-order valence-corrected chi connectivity index (χ1v) is 8.90. The summed E-state index contributed by atoms with van der Waals surface area (Å²) in [6, 6.07) is 15.3. The molecule has 0 radical (unpaired) electrons. The van der Waals surface area contributed by atoms with E-state index in [2.05, 4.69) is 5.10 Å². The second-order valence-electron chi connectivity index (χ2n) is 6.11. The predicted octanol–water partition coefficient (Wildman–Crippen LogP) is 2.99. The first-order chi connectivity index (χ1) is 12.9. The smallest absolute Gasteiger partial charge is 0.354 e. The highest BCUT2D eigenvalue weighted by molar-refractivity contribution is 6.37. The maximum absolute atomic E-state index is 12.6. The van der Waals surface area contributed by atoms with E-state index in [0.29, 0.717) is 16.1 Å². The summed E-state index contributed by atoms with van der Waals surface area (Å²) >= 11 is 5.93. The highest BCUT2D eigenvalue weighted by Crippen LogP contribution is 2.36. The highest BCUT2D eigenvalue weighted by Gasteiger charge is 2.45. The Kier molecular flexibility index (Phi) is 5.58. The van der Waals surface area contributed by atoms with E-state index >= 15 is 0 Å². The van der Waals surface area contributed by atoms with Gasteiger partial charge in [-0.2, -0.15) is 5.10 Å². The number of rotatable bonds is 6. The Balaban J connectivity index is 1.92. The second kappa shape index (κ2) is 7.90. The summed E-state index contributed by atoms with van der Waals surface area (Å²) in [6.45, 7) is 1.70. The Bertz CT molecular complexity index is 867. The number of halogens is 1. The average molecular weight is 387 g/mol. The molecule has 7 heteroatoms. The van der Waals surface area contributed by atoms with Gasteiger partial charge in [-0.15, -0.1) is 0 Å². The summed E-state index contributed by atoms with van der Waals surface area (Å²) in [7, 11) is 0. The fourth-order valence-electron chi connectivity index (χ4n) is 2.90. The molecule has 0 spiro atoms. The summed E-state index contributed by atoms with van der Waals surface area (Å²) in [5.41, 5.74) is -0.598. The molecular formula is C20H19ClN2O4. The van der Waals surface area contributed by atoms with Crippen molar-refractivity contribution in [2.45, 2.75) is 19.1 Å². The van der Waals surface area contributed by atoms with E-state index in [1.54, 1.807) is 55.5 Å². The number of ether oxygens (including phenoxy) is 1. The number of hydrazone groups is 1. The van der Waals surface area contributed by atoms with Crippen molar-refractivity contribution >= 4 is 29.1 Å². The predicted molar refractivity (Wildman–Crippen MR) is 102 cm³/mol. The molecule has 1 aliphatic heterocycles. The number of hydrogen-bond acceptors (Lipinski definition) is 6. The van der Waals surface area contributed by atoms with Gasteiger partial charge in [-0.25, -0.2) is 4.79 Å². The normalized spacial score (nSPS) is 18.9. The molecule has 1 heterocycles. The van der Waals surface area contributed by atoms with Crippen LogP contribution in [0, 0.1) is 0 Å². The van der Waals surface area contributed by atoms with Crippen LogP contribution in [-0.2, 0) is 15.3 Å². The van der Waals surface area contributed by atoms with Gasteiger partial charge in [0.25, 0.3) is 0 Å². The molecule has 0 aliphatic carbocycles. The SMILES string of the molecule is CCOC(=O)C1=NN(CC(=O)c2ccccc2)[C@@](O)(c2ccc(Cl)cc2)C1. The number of carbonyl (C=O) groups is 2. The largest absolute Gasteiger partial charge is 0.461 e. The van der Waals surface area contributed by atoms with Gasteiger partial charge in [-0.05, 0) is 19.1 Å². The van der Waals surface area contributed by atoms with Gasteiger partial charge in [-0.3, -0.25) is 9.80 Å². The molecule has 2 aromatic rings. The van der Waals surface area contributed by atoms with Crippen LogP contribution in [0.4, 0.5) is 0 Å². The number of nitrogens with zero attached hydrogens (tertiary/aromatic N) is 2. The molecule has 3 rings (SSSR count). The lowest BCUT2D eigenvalue weighted by Crippen LogP contribution is -2.42. The molecule has 1 N–H and O–H groups in total. The van der Waals surface area contributed by atoms with Gasteiger partial charge in [0, 0.05) is 16.1 Å². The van der Waals surface area contributed by atoms with Crippen LogP contribution in [0.3, 0.4) is 0 Å². The van der Waals surface area contributed by atoms with Gasteiger partial charge >= 0.3 is 5.97 Å². The Morgan fingerprint density at radius 1 is 1.19 bits per heavy atom. The molecule has 1 atom stereocenters. The van der Waals surface area contributed by atoms with Crippen LogP contribution in [0.1, 0.15) is 29.3 Å². The summed E-state index contributed by atoms with van der Waals surface area (Å²) < 4.78 is 5.00. The van der Waals surface area contributed by atoms with Crippen molar-refractivity contribution in [2.75, 3.05) is 13.2 Å². The summed E-state index contributed by atoms with van der Waals surface area (Å²) in [6.07, 6.45) is -0.0878. The molecule has 0 saturated carbocycles. The topological polar surface area (TPSA) is 79.2 Å². The van der Waals surface area contributed by atoms with Crippen molar-refractivity contribution in [1.82, 2.24) is 5.01 Å². The molecular weight excluding hydrogens is 368 g/mol. The molecule has 0 bridgehead atoms. The third kappa shape index (κ3) is 4.02. The van der Waals surface area contributed by atoms with Crippen LogP contribution < -0.4 is 0 Å². The van der Waals surface area contributed by atoms with Crippen molar-refractivity contribution < 1.29 is 19.4 Å². The Morgan fingerprint density at radius 2 is 1.85 bits per heavy atom. The minimum Gasteiger partial charge on any atom is -0.461 e. The maximum atomic E-state index is 12.6. The van der Waals surface area contributed by atoms with Crippen molar-refractivity contribution in [1.29, 1.82) is 0 Å². The van der Waals surface area contributed by atoms with E-state index in [1.807, 2.05) is 6.07 Å². The molecule has 1 aliphatic rings. The van der Waals surface area contributed by atoms with Crippen LogP contribution in [-0.4, -0.2) is 40.7 Å². The molecule has 27 heavy (non-hydrogen) atoms. The van der Waals surface area contributed by atoms with Crippen molar-refractivity contribution in [2.24, 2.45) is 5.10 Å². The number of esters is 1. The third-order valence-corrected chi connectivity index (χ3v) is 4.54. The zero-order valence-corrected chi connectivity index (χ0v) is 15.5. The van der Waals surface area contributed by atoms with E-state index < -0.39 is 11.7 Å². The zero-order valence-electron chi connectivity index (χ0n) is 14.8. The fraction of sp³-hybridized carbons (Fsp3) is 0.250. The molecule has 0 unspecified atom stereocenters. The van der Waals surface area contributed by atoms with Crippen LogP contribution >= 0.6 is 11.6 Å². The monoisotopic (exact) mass is 386 g/mol. The standard InChI is InChI=1S/C20H19ClN2O4/c1-2-27-19(25)17-12-20(26,15-8-10-16(21)11-9-15)23(22-17)13-18(24)14-6-4-3-5-7-14/h3-11,26H,2,12-13H2,1H3/t20-/m0/s1. The fourth-order valence-corrected chi connectivity index (χ4v) is 3.03. The Hall–Kier alpha value is -2.70. The summed E-state index contributed by atoms with van der Waals surface area (Å²) in [5, 5.41) is 17.2. The quantitative estimate of drug-likeness (QED) is 0.610. The Labute approximate surface area is 162 Å². The molecule has 0 aromatic heterocycles. The average Bonchev–Trinajstić information content (AvgIpc) is 3.01. The van der Waals surface area contributed by atoms with Gasteiger partial charge in [0.2, 0.25) is 0 Å². The van der Waals surface area contributed by atoms with E-state index in [4.69, 9.17) is 16.3 Å². The van der Waals surface area contributed by atoms with Gasteiger partial charge < -0.3 is 9.84 Å². The molecule has 0 amide bonds. The van der Waals surface area contributed by atoms with Crippen LogP contribution in [0.25, 0.3) is 0 Å².